The summed E-state index contributed by atoms with van der Waals surface area (Å²) in [6, 6.07) is 3.72. The second-order valence-electron chi connectivity index (χ2n) is 2.83. The summed E-state index contributed by atoms with van der Waals surface area (Å²) in [5, 5.41) is 3.05. The number of aromatic nitrogens is 1. The maximum atomic E-state index is 10.8. The van der Waals surface area contributed by atoms with Gasteiger partial charge in [-0.1, -0.05) is 0 Å². The molecule has 1 aromatic rings. The van der Waals surface area contributed by atoms with Gasteiger partial charge in [0.15, 0.2) is 18.2 Å². The van der Waals surface area contributed by atoms with Gasteiger partial charge < -0.3 is 5.32 Å². The number of halogens is 1. The van der Waals surface area contributed by atoms with Crippen LogP contribution in [0.3, 0.4) is 0 Å². The molecule has 0 saturated carbocycles. The Labute approximate surface area is 87.8 Å². The van der Waals surface area contributed by atoms with Crippen LogP contribution in [0.2, 0.25) is 0 Å². The van der Waals surface area contributed by atoms with Gasteiger partial charge in [-0.3, -0.25) is 4.79 Å². The second-order valence-corrected chi connectivity index (χ2v) is 3.09. The van der Waals surface area contributed by atoms with E-state index in [1.807, 2.05) is 12.1 Å². The highest BCUT2D eigenvalue weighted by Gasteiger charge is 1.98. The van der Waals surface area contributed by atoms with E-state index in [2.05, 4.69) is 10.3 Å². The third kappa shape index (κ3) is 3.58. The molecular formula is C10H12ClN2O+. The Kier molecular flexibility index (Phi) is 4.13. The van der Waals surface area contributed by atoms with Crippen molar-refractivity contribution in [2.45, 2.75) is 6.92 Å². The first-order valence-corrected chi connectivity index (χ1v) is 4.76. The van der Waals surface area contributed by atoms with Gasteiger partial charge >= 0.3 is 0 Å². The van der Waals surface area contributed by atoms with Crippen LogP contribution in [0.1, 0.15) is 6.92 Å². The van der Waals surface area contributed by atoms with Crippen LogP contribution in [-0.4, -0.2) is 11.7 Å². The molecule has 1 aromatic heterocycles. The van der Waals surface area contributed by atoms with Crippen molar-refractivity contribution in [1.82, 2.24) is 0 Å². The van der Waals surface area contributed by atoms with Crippen molar-refractivity contribution in [3.63, 3.8) is 0 Å². The van der Waals surface area contributed by atoms with Gasteiger partial charge in [-0.2, -0.15) is 0 Å². The maximum Gasteiger partial charge on any atom is 0.169 e. The molecular weight excluding hydrogens is 200 g/mol. The Morgan fingerprint density at radius 3 is 2.71 bits per heavy atom. The Balaban J connectivity index is 2.71. The smallest absolute Gasteiger partial charge is 0.169 e. The molecule has 0 radical (unpaired) electrons. The third-order valence-electron chi connectivity index (χ3n) is 1.54. The maximum absolute atomic E-state index is 10.8. The summed E-state index contributed by atoms with van der Waals surface area (Å²) < 4.78 is 0. The molecule has 2 N–H and O–H groups in total. The van der Waals surface area contributed by atoms with Crippen LogP contribution >= 0.6 is 11.6 Å². The zero-order chi connectivity index (χ0) is 10.4. The van der Waals surface area contributed by atoms with Gasteiger partial charge in [0.25, 0.3) is 0 Å². The SMILES string of the molecule is CC(=O)/C=C(\CCl)Nc1cc[nH+]cc1. The molecule has 0 aliphatic carbocycles. The van der Waals surface area contributed by atoms with E-state index in [0.717, 1.165) is 5.69 Å². The average molecular weight is 212 g/mol. The van der Waals surface area contributed by atoms with E-state index in [1.54, 1.807) is 12.4 Å². The minimum absolute atomic E-state index is 0.0179. The lowest BCUT2D eigenvalue weighted by Gasteiger charge is -2.05. The first-order chi connectivity index (χ1) is 6.72. The monoisotopic (exact) mass is 211 g/mol. The van der Waals surface area contributed by atoms with E-state index >= 15 is 0 Å². The van der Waals surface area contributed by atoms with Crippen molar-refractivity contribution in [1.29, 1.82) is 0 Å². The highest BCUT2D eigenvalue weighted by Crippen LogP contribution is 2.07. The molecule has 3 nitrogen and oxygen atoms in total. The number of anilines is 1. The zero-order valence-electron chi connectivity index (χ0n) is 7.88. The normalized spacial score (nSPS) is 11.1. The van der Waals surface area contributed by atoms with Crippen LogP contribution in [0, 0.1) is 0 Å². The van der Waals surface area contributed by atoms with E-state index in [1.165, 1.54) is 13.0 Å². The van der Waals surface area contributed by atoms with E-state index in [0.29, 0.717) is 5.70 Å². The number of nitrogens with one attached hydrogen (secondary N) is 2. The molecule has 14 heavy (non-hydrogen) atoms. The molecule has 0 aromatic carbocycles. The van der Waals surface area contributed by atoms with Crippen LogP contribution in [0.5, 0.6) is 0 Å². The Bertz CT molecular complexity index is 335. The number of hydrogen-bond acceptors (Lipinski definition) is 2. The number of rotatable bonds is 4. The van der Waals surface area contributed by atoms with Crippen molar-refractivity contribution in [2.24, 2.45) is 0 Å². The van der Waals surface area contributed by atoms with Gasteiger partial charge in [0.1, 0.15) is 0 Å². The fourth-order valence-corrected chi connectivity index (χ4v) is 1.15. The molecule has 0 unspecified atom stereocenters. The van der Waals surface area contributed by atoms with Crippen molar-refractivity contribution in [3.05, 3.63) is 36.3 Å². The van der Waals surface area contributed by atoms with Crippen molar-refractivity contribution in [2.75, 3.05) is 11.2 Å². The quantitative estimate of drug-likeness (QED) is 0.608. The van der Waals surface area contributed by atoms with Crippen LogP contribution in [-0.2, 0) is 4.79 Å². The zero-order valence-corrected chi connectivity index (χ0v) is 8.64. The number of H-pyrrole nitrogens is 1. The molecule has 0 aliphatic heterocycles. The molecule has 74 valence electrons. The molecule has 0 aliphatic rings. The van der Waals surface area contributed by atoms with Crippen LogP contribution in [0.4, 0.5) is 5.69 Å². The van der Waals surface area contributed by atoms with Crippen LogP contribution < -0.4 is 10.3 Å². The molecule has 0 bridgehead atoms. The average Bonchev–Trinajstić information content (AvgIpc) is 2.17. The first-order valence-electron chi connectivity index (χ1n) is 4.22. The fraction of sp³-hybridized carbons (Fsp3) is 0.200. The summed E-state index contributed by atoms with van der Waals surface area (Å²) in [6.45, 7) is 1.49. The van der Waals surface area contributed by atoms with Gasteiger partial charge in [0.05, 0.1) is 11.6 Å². The number of carbonyl (C=O) groups excluding carboxylic acids is 1. The lowest BCUT2D eigenvalue weighted by molar-refractivity contribution is -0.377. The summed E-state index contributed by atoms with van der Waals surface area (Å²) in [6.07, 6.45) is 5.08. The number of aromatic amines is 1. The Morgan fingerprint density at radius 2 is 2.21 bits per heavy atom. The summed E-state index contributed by atoms with van der Waals surface area (Å²) in [5.74, 6) is 0.272. The Hall–Kier alpha value is -1.35. The third-order valence-corrected chi connectivity index (χ3v) is 1.83. The van der Waals surface area contributed by atoms with Crippen LogP contribution in [0.15, 0.2) is 36.3 Å². The van der Waals surface area contributed by atoms with Gasteiger partial charge in [0, 0.05) is 23.9 Å². The molecule has 1 heterocycles. The highest BCUT2D eigenvalue weighted by molar-refractivity contribution is 6.20. The number of hydrogen-bond donors (Lipinski definition) is 1. The summed E-state index contributed by atoms with van der Waals surface area (Å²) in [4.78, 5) is 13.7. The summed E-state index contributed by atoms with van der Waals surface area (Å²) in [5.41, 5.74) is 1.60. The van der Waals surface area contributed by atoms with Crippen molar-refractivity contribution in [3.8, 4) is 0 Å². The number of allylic oxidation sites excluding steroid dienone is 2. The molecule has 0 amide bonds. The number of alkyl halides is 1. The van der Waals surface area contributed by atoms with Crippen molar-refractivity contribution >= 4 is 23.1 Å². The summed E-state index contributed by atoms with van der Waals surface area (Å²) >= 11 is 5.67. The molecule has 0 fully saturated rings. The Morgan fingerprint density at radius 1 is 1.57 bits per heavy atom. The molecule has 0 spiro atoms. The van der Waals surface area contributed by atoms with Crippen molar-refractivity contribution < 1.29 is 9.78 Å². The lowest BCUT2D eigenvalue weighted by Crippen LogP contribution is -2.05. The van der Waals surface area contributed by atoms with Gasteiger partial charge in [-0.05, 0) is 6.92 Å². The number of carbonyl (C=O) groups is 1. The summed E-state index contributed by atoms with van der Waals surface area (Å²) in [7, 11) is 0. The fourth-order valence-electron chi connectivity index (χ4n) is 1.01. The molecule has 0 atom stereocenters. The minimum atomic E-state index is -0.0179. The second kappa shape index (κ2) is 5.40. The first kappa shape index (κ1) is 10.7. The van der Waals surface area contributed by atoms with E-state index in [9.17, 15) is 4.79 Å². The van der Waals surface area contributed by atoms with E-state index < -0.39 is 0 Å². The molecule has 4 heteroatoms. The number of ketones is 1. The number of pyridine rings is 1. The van der Waals surface area contributed by atoms with E-state index in [-0.39, 0.29) is 11.7 Å². The standard InChI is InChI=1S/C10H11ClN2O/c1-8(14)6-10(7-11)13-9-2-4-12-5-3-9/h2-6H,7H2,1H3,(H,12,13)/p+1/b10-6+. The highest BCUT2D eigenvalue weighted by atomic mass is 35.5. The molecule has 0 saturated heterocycles. The predicted molar refractivity (Wildman–Crippen MR) is 56.1 cm³/mol. The minimum Gasteiger partial charge on any atom is -0.357 e. The van der Waals surface area contributed by atoms with E-state index in [4.69, 9.17) is 11.6 Å². The lowest BCUT2D eigenvalue weighted by atomic mass is 10.3. The largest absolute Gasteiger partial charge is 0.357 e. The van der Waals surface area contributed by atoms with Gasteiger partial charge in [-0.15, -0.1) is 11.6 Å². The topological polar surface area (TPSA) is 43.2 Å². The van der Waals surface area contributed by atoms with Crippen LogP contribution in [0.25, 0.3) is 0 Å². The van der Waals surface area contributed by atoms with Gasteiger partial charge in [0.2, 0.25) is 0 Å². The van der Waals surface area contributed by atoms with Gasteiger partial charge in [-0.25, -0.2) is 4.98 Å². The molecule has 1 rings (SSSR count). The predicted octanol–water partition coefficient (Wildman–Crippen LogP) is 1.62.